The standard InChI is InChI=1S/C19H23FN2O5/c1-12(2)8-9-19(3)17(25)22(18(26)21-19)10-16(24)27-11-15(23)13-4-6-14(20)7-5-13/h4-7,12H,8-11H2,1-3H3,(H,21,26)/t19-/m0/s1. The number of ether oxygens (including phenoxy) is 1. The molecule has 0 aromatic heterocycles. The van der Waals surface area contributed by atoms with Crippen molar-refractivity contribution in [3.8, 4) is 0 Å². The molecule has 1 aliphatic heterocycles. The van der Waals surface area contributed by atoms with Crippen LogP contribution in [0.15, 0.2) is 24.3 Å². The van der Waals surface area contributed by atoms with E-state index in [1.165, 1.54) is 12.1 Å². The highest BCUT2D eigenvalue weighted by atomic mass is 19.1. The fraction of sp³-hybridized carbons (Fsp3) is 0.474. The van der Waals surface area contributed by atoms with Gasteiger partial charge in [0.1, 0.15) is 17.9 Å². The molecule has 0 radical (unpaired) electrons. The van der Waals surface area contributed by atoms with Crippen LogP contribution in [0.2, 0.25) is 0 Å². The van der Waals surface area contributed by atoms with Gasteiger partial charge in [0.2, 0.25) is 0 Å². The molecule has 0 unspecified atom stereocenters. The molecule has 1 aliphatic rings. The van der Waals surface area contributed by atoms with Crippen molar-refractivity contribution in [2.24, 2.45) is 5.92 Å². The SMILES string of the molecule is CC(C)CC[C@]1(C)NC(=O)N(CC(=O)OCC(=O)c2ccc(F)cc2)C1=O. The fourth-order valence-electron chi connectivity index (χ4n) is 2.68. The summed E-state index contributed by atoms with van der Waals surface area (Å²) in [4.78, 5) is 49.2. The molecule has 27 heavy (non-hydrogen) atoms. The third kappa shape index (κ3) is 5.12. The van der Waals surface area contributed by atoms with Gasteiger partial charge in [-0.2, -0.15) is 0 Å². The van der Waals surface area contributed by atoms with Gasteiger partial charge in [0.15, 0.2) is 12.4 Å². The van der Waals surface area contributed by atoms with Crippen molar-refractivity contribution in [1.82, 2.24) is 10.2 Å². The summed E-state index contributed by atoms with van der Waals surface area (Å²) in [6.45, 7) is 4.52. The molecule has 1 heterocycles. The highest BCUT2D eigenvalue weighted by molar-refractivity contribution is 6.08. The van der Waals surface area contributed by atoms with Crippen LogP contribution in [0, 0.1) is 11.7 Å². The first-order valence-corrected chi connectivity index (χ1v) is 8.71. The minimum absolute atomic E-state index is 0.195. The van der Waals surface area contributed by atoms with Crippen molar-refractivity contribution in [3.63, 3.8) is 0 Å². The summed E-state index contributed by atoms with van der Waals surface area (Å²) in [5.41, 5.74) is -0.855. The highest BCUT2D eigenvalue weighted by Crippen LogP contribution is 2.24. The monoisotopic (exact) mass is 378 g/mol. The summed E-state index contributed by atoms with van der Waals surface area (Å²) in [5.74, 6) is -2.00. The van der Waals surface area contributed by atoms with E-state index in [4.69, 9.17) is 4.74 Å². The summed E-state index contributed by atoms with van der Waals surface area (Å²) >= 11 is 0. The third-order valence-corrected chi connectivity index (χ3v) is 4.38. The number of imide groups is 1. The van der Waals surface area contributed by atoms with Crippen molar-refractivity contribution in [2.75, 3.05) is 13.2 Å². The van der Waals surface area contributed by atoms with Crippen LogP contribution >= 0.6 is 0 Å². The molecule has 2 rings (SSSR count). The van der Waals surface area contributed by atoms with E-state index in [2.05, 4.69) is 5.32 Å². The van der Waals surface area contributed by atoms with Crippen molar-refractivity contribution < 1.29 is 28.3 Å². The lowest BCUT2D eigenvalue weighted by Crippen LogP contribution is -2.44. The van der Waals surface area contributed by atoms with Gasteiger partial charge in [-0.15, -0.1) is 0 Å². The lowest BCUT2D eigenvalue weighted by molar-refractivity contribution is -0.146. The number of halogens is 1. The number of carbonyl (C=O) groups is 4. The molecule has 8 heteroatoms. The Kier molecular flexibility index (Phi) is 6.30. The molecule has 1 aromatic rings. The van der Waals surface area contributed by atoms with E-state index in [-0.39, 0.29) is 5.56 Å². The van der Waals surface area contributed by atoms with E-state index in [1.54, 1.807) is 6.92 Å². The molecule has 1 atom stereocenters. The number of rotatable bonds is 8. The van der Waals surface area contributed by atoms with E-state index in [0.29, 0.717) is 12.3 Å². The Labute approximate surface area is 156 Å². The number of nitrogens with one attached hydrogen (secondary N) is 1. The number of ketones is 1. The zero-order chi connectivity index (χ0) is 20.2. The Morgan fingerprint density at radius 1 is 1.22 bits per heavy atom. The summed E-state index contributed by atoms with van der Waals surface area (Å²) in [5, 5.41) is 2.61. The molecule has 1 saturated heterocycles. The number of carbonyl (C=O) groups excluding carboxylic acids is 4. The van der Waals surface area contributed by atoms with Gasteiger partial charge in [-0.25, -0.2) is 9.18 Å². The highest BCUT2D eigenvalue weighted by Gasteiger charge is 2.48. The number of esters is 1. The largest absolute Gasteiger partial charge is 0.456 e. The molecule has 0 bridgehead atoms. The predicted molar refractivity (Wildman–Crippen MR) is 94.4 cm³/mol. The molecular weight excluding hydrogens is 355 g/mol. The number of nitrogens with zero attached hydrogens (tertiary/aromatic N) is 1. The Morgan fingerprint density at radius 2 is 1.85 bits per heavy atom. The molecule has 0 saturated carbocycles. The van der Waals surface area contributed by atoms with Gasteiger partial charge in [-0.1, -0.05) is 13.8 Å². The van der Waals surface area contributed by atoms with E-state index in [1.807, 2.05) is 13.8 Å². The van der Waals surface area contributed by atoms with Gasteiger partial charge < -0.3 is 10.1 Å². The first-order chi connectivity index (χ1) is 12.6. The molecule has 7 nitrogen and oxygen atoms in total. The maximum atomic E-state index is 12.9. The number of Topliss-reactive ketones (excluding diaryl/α,β-unsaturated/α-hetero) is 1. The second-order valence-corrected chi connectivity index (χ2v) is 7.18. The maximum Gasteiger partial charge on any atom is 0.326 e. The van der Waals surface area contributed by atoms with Gasteiger partial charge in [0.25, 0.3) is 5.91 Å². The molecule has 1 aromatic carbocycles. The molecule has 1 fully saturated rings. The molecular formula is C19H23FN2O5. The summed E-state index contributed by atoms with van der Waals surface area (Å²) in [6, 6.07) is 4.15. The zero-order valence-corrected chi connectivity index (χ0v) is 15.6. The van der Waals surface area contributed by atoms with Crippen LogP contribution in [0.4, 0.5) is 9.18 Å². The van der Waals surface area contributed by atoms with Crippen LogP contribution < -0.4 is 5.32 Å². The van der Waals surface area contributed by atoms with Crippen LogP contribution in [0.1, 0.15) is 44.0 Å². The maximum absolute atomic E-state index is 12.9. The third-order valence-electron chi connectivity index (χ3n) is 4.38. The summed E-state index contributed by atoms with van der Waals surface area (Å²) < 4.78 is 17.7. The smallest absolute Gasteiger partial charge is 0.326 e. The van der Waals surface area contributed by atoms with Gasteiger partial charge in [0, 0.05) is 5.56 Å². The molecule has 3 amide bonds. The van der Waals surface area contributed by atoms with Gasteiger partial charge in [0.05, 0.1) is 0 Å². The van der Waals surface area contributed by atoms with Gasteiger partial charge >= 0.3 is 12.0 Å². The zero-order valence-electron chi connectivity index (χ0n) is 15.6. The van der Waals surface area contributed by atoms with Crippen LogP contribution in [-0.4, -0.2) is 47.3 Å². The minimum atomic E-state index is -1.05. The lowest BCUT2D eigenvalue weighted by atomic mass is 9.92. The van der Waals surface area contributed by atoms with Gasteiger partial charge in [-0.05, 0) is 49.9 Å². The summed E-state index contributed by atoms with van der Waals surface area (Å²) in [6.07, 6.45) is 1.21. The van der Waals surface area contributed by atoms with Crippen molar-refractivity contribution in [2.45, 2.75) is 39.2 Å². The normalized spacial score (nSPS) is 19.4. The number of amides is 3. The van der Waals surface area contributed by atoms with E-state index < -0.39 is 48.2 Å². The molecule has 146 valence electrons. The average molecular weight is 378 g/mol. The Balaban J connectivity index is 1.89. The van der Waals surface area contributed by atoms with E-state index >= 15 is 0 Å². The van der Waals surface area contributed by atoms with Crippen LogP contribution in [0.5, 0.6) is 0 Å². The van der Waals surface area contributed by atoms with Crippen LogP contribution in [-0.2, 0) is 14.3 Å². The Bertz CT molecular complexity index is 747. The number of urea groups is 1. The molecule has 0 spiro atoms. The number of benzene rings is 1. The van der Waals surface area contributed by atoms with Crippen molar-refractivity contribution in [1.29, 1.82) is 0 Å². The topological polar surface area (TPSA) is 92.8 Å². The van der Waals surface area contributed by atoms with Gasteiger partial charge in [-0.3, -0.25) is 19.3 Å². The second kappa shape index (κ2) is 8.28. The van der Waals surface area contributed by atoms with Crippen LogP contribution in [0.3, 0.4) is 0 Å². The second-order valence-electron chi connectivity index (χ2n) is 7.18. The average Bonchev–Trinajstić information content (AvgIpc) is 2.82. The Morgan fingerprint density at radius 3 is 2.44 bits per heavy atom. The molecule has 0 aliphatic carbocycles. The van der Waals surface area contributed by atoms with Crippen molar-refractivity contribution in [3.05, 3.63) is 35.6 Å². The van der Waals surface area contributed by atoms with Crippen molar-refractivity contribution >= 4 is 23.7 Å². The molecule has 1 N–H and O–H groups in total. The first kappa shape index (κ1) is 20.5. The Hall–Kier alpha value is -2.77. The number of hydrogen-bond acceptors (Lipinski definition) is 5. The first-order valence-electron chi connectivity index (χ1n) is 8.71. The fourth-order valence-corrected chi connectivity index (χ4v) is 2.68. The van der Waals surface area contributed by atoms with Crippen LogP contribution in [0.25, 0.3) is 0 Å². The van der Waals surface area contributed by atoms with E-state index in [0.717, 1.165) is 23.5 Å². The number of hydrogen-bond donors (Lipinski definition) is 1. The minimum Gasteiger partial charge on any atom is -0.456 e. The van der Waals surface area contributed by atoms with E-state index in [9.17, 15) is 23.6 Å². The lowest BCUT2D eigenvalue weighted by Gasteiger charge is -2.22. The predicted octanol–water partition coefficient (Wildman–Crippen LogP) is 2.30. The summed E-state index contributed by atoms with van der Waals surface area (Å²) in [7, 11) is 0. The quantitative estimate of drug-likeness (QED) is 0.426.